The zero-order valence-corrected chi connectivity index (χ0v) is 25.3. The Kier molecular flexibility index (Phi) is 10.5. The lowest BCUT2D eigenvalue weighted by molar-refractivity contribution is -0.227. The van der Waals surface area contributed by atoms with Gasteiger partial charge in [-0.05, 0) is 91.9 Å². The van der Waals surface area contributed by atoms with Crippen molar-refractivity contribution in [3.63, 3.8) is 0 Å². The Bertz CT molecular complexity index is 1030. The van der Waals surface area contributed by atoms with E-state index in [0.29, 0.717) is 35.6 Å². The molecule has 13 heteroatoms. The third kappa shape index (κ3) is 7.01. The van der Waals surface area contributed by atoms with Gasteiger partial charge in [0.15, 0.2) is 16.5 Å². The van der Waals surface area contributed by atoms with Crippen molar-refractivity contribution in [1.29, 1.82) is 0 Å². The van der Waals surface area contributed by atoms with Crippen LogP contribution >= 0.6 is 63.7 Å². The third-order valence-electron chi connectivity index (χ3n) is 5.19. The Hall–Kier alpha value is -1.12. The molecule has 0 saturated carbocycles. The van der Waals surface area contributed by atoms with E-state index in [-0.39, 0.29) is 16.8 Å². The number of oxime groups is 1. The van der Waals surface area contributed by atoms with Crippen LogP contribution in [0.4, 0.5) is 0 Å². The van der Waals surface area contributed by atoms with Gasteiger partial charge in [-0.1, -0.05) is 21.1 Å². The minimum absolute atomic E-state index is 0.0779. The van der Waals surface area contributed by atoms with Crippen molar-refractivity contribution >= 4 is 75.3 Å². The maximum Gasteiger partial charge on any atom is 0.312 e. The molecule has 2 atom stereocenters. The van der Waals surface area contributed by atoms with Gasteiger partial charge in [0.25, 0.3) is 5.91 Å². The first-order valence-electron chi connectivity index (χ1n) is 10.7. The molecule has 3 N–H and O–H groups in total. The van der Waals surface area contributed by atoms with Crippen LogP contribution in [0, 0.1) is 0 Å². The number of nitrogens with one attached hydrogen (secondary N) is 2. The summed E-state index contributed by atoms with van der Waals surface area (Å²) in [4.78, 5) is 18.1. The van der Waals surface area contributed by atoms with E-state index < -0.39 is 17.8 Å². The summed E-state index contributed by atoms with van der Waals surface area (Å²) in [6.07, 6.45) is 1.68. The number of hydrogen-bond acceptors (Lipinski definition) is 8. The van der Waals surface area contributed by atoms with Crippen LogP contribution in [0.15, 0.2) is 47.2 Å². The zero-order valence-electron chi connectivity index (χ0n) is 19.0. The van der Waals surface area contributed by atoms with Crippen molar-refractivity contribution in [1.82, 2.24) is 10.6 Å². The van der Waals surface area contributed by atoms with E-state index in [1.165, 1.54) is 12.7 Å². The average molecular weight is 747 g/mol. The molecule has 2 aliphatic rings. The van der Waals surface area contributed by atoms with Crippen molar-refractivity contribution in [2.24, 2.45) is 5.16 Å². The Morgan fingerprint density at radius 2 is 1.97 bits per heavy atom. The number of halogens is 4. The van der Waals surface area contributed by atoms with Gasteiger partial charge < -0.3 is 34.8 Å². The second-order valence-electron chi connectivity index (χ2n) is 7.68. The van der Waals surface area contributed by atoms with Crippen LogP contribution in [0.5, 0.6) is 5.75 Å². The number of allylic oxidation sites excluding steroid dienone is 1. The second-order valence-corrected chi connectivity index (χ2v) is 11.1. The van der Waals surface area contributed by atoms with Crippen molar-refractivity contribution in [2.45, 2.75) is 31.2 Å². The standard InChI is InChI=1S/C22H25Br4N3O6/c1-27-6-4-12-8-13(23)19(14(24)9-12)33-7-3-5-28-21(31)18-20(30)22(35-29-18)11-15(25)16(32-2)10-17(26)34-22/h8-10,20,27,30H,3-7,11H2,1-2H3,(H,28,31)/t20-,22-/m0/s1. The molecule has 3 rings (SSSR count). The monoisotopic (exact) mass is 743 g/mol. The summed E-state index contributed by atoms with van der Waals surface area (Å²) in [6.45, 7) is 1.57. The van der Waals surface area contributed by atoms with Gasteiger partial charge in [0.05, 0.1) is 29.1 Å². The fourth-order valence-electron chi connectivity index (χ4n) is 3.39. The van der Waals surface area contributed by atoms with Crippen molar-refractivity contribution < 1.29 is 28.9 Å². The molecule has 2 aliphatic heterocycles. The lowest BCUT2D eigenvalue weighted by Gasteiger charge is -2.29. The van der Waals surface area contributed by atoms with Gasteiger partial charge in [-0.25, -0.2) is 0 Å². The highest BCUT2D eigenvalue weighted by atomic mass is 79.9. The molecule has 0 aliphatic carbocycles. The molecule has 192 valence electrons. The van der Waals surface area contributed by atoms with E-state index >= 15 is 0 Å². The number of aliphatic hydroxyl groups is 1. The Morgan fingerprint density at radius 3 is 2.63 bits per heavy atom. The SMILES string of the molecule is CNCCc1cc(Br)c(OCCCNC(=O)C2=NO[C@@]3(CC(Br)=C(OC)C=C(Br)O3)[C@H]2O)c(Br)c1. The van der Waals surface area contributed by atoms with Crippen LogP contribution < -0.4 is 15.4 Å². The molecule has 0 bridgehead atoms. The number of nitrogens with zero attached hydrogens (tertiary/aromatic N) is 1. The van der Waals surface area contributed by atoms with Crippen molar-refractivity contribution in [3.05, 3.63) is 47.6 Å². The summed E-state index contributed by atoms with van der Waals surface area (Å²) in [6, 6.07) is 4.06. The van der Waals surface area contributed by atoms with Gasteiger partial charge in [0.1, 0.15) is 11.5 Å². The topological polar surface area (TPSA) is 111 Å². The predicted molar refractivity (Wildman–Crippen MR) is 146 cm³/mol. The lowest BCUT2D eigenvalue weighted by atomic mass is 10.0. The van der Waals surface area contributed by atoms with Crippen LogP contribution in [0.2, 0.25) is 0 Å². The summed E-state index contributed by atoms with van der Waals surface area (Å²) < 4.78 is 19.5. The highest BCUT2D eigenvalue weighted by Gasteiger charge is 2.54. The number of methoxy groups -OCH3 is 1. The number of hydrogen-bond donors (Lipinski definition) is 3. The lowest BCUT2D eigenvalue weighted by Crippen LogP contribution is -2.49. The molecular weight excluding hydrogens is 722 g/mol. The molecule has 35 heavy (non-hydrogen) atoms. The molecule has 1 aromatic carbocycles. The van der Waals surface area contributed by atoms with E-state index in [1.54, 1.807) is 6.08 Å². The molecule has 0 aromatic heterocycles. The predicted octanol–water partition coefficient (Wildman–Crippen LogP) is 4.21. The molecule has 1 aromatic rings. The molecule has 0 unspecified atom stereocenters. The molecular formula is C22H25Br4N3O6. The average Bonchev–Trinajstić information content (AvgIpc) is 3.04. The van der Waals surface area contributed by atoms with Gasteiger partial charge in [-0.2, -0.15) is 0 Å². The van der Waals surface area contributed by atoms with Crippen molar-refractivity contribution in [2.75, 3.05) is 33.9 Å². The molecule has 0 saturated heterocycles. The number of carbonyl (C=O) groups is 1. The van der Waals surface area contributed by atoms with Crippen LogP contribution in [-0.2, 0) is 25.5 Å². The number of amides is 1. The first-order chi connectivity index (χ1) is 16.7. The third-order valence-corrected chi connectivity index (χ3v) is 7.43. The summed E-state index contributed by atoms with van der Waals surface area (Å²) in [5, 5.41) is 20.5. The quantitative estimate of drug-likeness (QED) is 0.308. The van der Waals surface area contributed by atoms with Crippen LogP contribution in [-0.4, -0.2) is 62.5 Å². The van der Waals surface area contributed by atoms with E-state index in [4.69, 9.17) is 19.0 Å². The number of benzene rings is 1. The minimum Gasteiger partial charge on any atom is -0.496 e. The van der Waals surface area contributed by atoms with Gasteiger partial charge in [0.2, 0.25) is 0 Å². The van der Waals surface area contributed by atoms with Gasteiger partial charge in [0, 0.05) is 17.1 Å². The van der Waals surface area contributed by atoms with Gasteiger partial charge >= 0.3 is 5.79 Å². The highest BCUT2D eigenvalue weighted by Crippen LogP contribution is 2.41. The number of ether oxygens (including phenoxy) is 3. The van der Waals surface area contributed by atoms with Gasteiger partial charge in [-0.3, -0.25) is 4.79 Å². The van der Waals surface area contributed by atoms with Crippen molar-refractivity contribution in [3.8, 4) is 5.75 Å². The summed E-state index contributed by atoms with van der Waals surface area (Å²) in [5.41, 5.74) is 1.00. The molecule has 0 fully saturated rings. The highest BCUT2D eigenvalue weighted by molar-refractivity contribution is 9.12. The molecule has 1 spiro atoms. The fourth-order valence-corrected chi connectivity index (χ4v) is 6.05. The molecule has 1 amide bonds. The van der Waals surface area contributed by atoms with Crippen LogP contribution in [0.3, 0.4) is 0 Å². The Balaban J connectivity index is 1.50. The maximum atomic E-state index is 12.6. The summed E-state index contributed by atoms with van der Waals surface area (Å²) >= 11 is 13.8. The molecule has 9 nitrogen and oxygen atoms in total. The second kappa shape index (κ2) is 12.9. The Labute approximate surface area is 237 Å². The number of rotatable bonds is 10. The largest absolute Gasteiger partial charge is 0.496 e. The van der Waals surface area contributed by atoms with E-state index in [1.807, 2.05) is 19.2 Å². The maximum absolute atomic E-state index is 12.6. The van der Waals surface area contributed by atoms with E-state index in [0.717, 1.165) is 21.9 Å². The van der Waals surface area contributed by atoms with Crippen LogP contribution in [0.25, 0.3) is 0 Å². The normalized spacial score (nSPS) is 21.6. The summed E-state index contributed by atoms with van der Waals surface area (Å²) in [7, 11) is 3.43. The number of carbonyl (C=O) groups excluding carboxylic acids is 1. The van der Waals surface area contributed by atoms with Crippen LogP contribution in [0.1, 0.15) is 18.4 Å². The van der Waals surface area contributed by atoms with E-state index in [2.05, 4.69) is 79.5 Å². The summed E-state index contributed by atoms with van der Waals surface area (Å²) in [5.74, 6) is -0.949. The Morgan fingerprint density at radius 1 is 1.26 bits per heavy atom. The zero-order chi connectivity index (χ0) is 25.6. The first kappa shape index (κ1) is 28.5. The minimum atomic E-state index is -1.60. The molecule has 0 radical (unpaired) electrons. The van der Waals surface area contributed by atoms with Gasteiger partial charge in [-0.15, -0.1) is 0 Å². The number of aliphatic hydroxyl groups excluding tert-OH is 1. The van der Waals surface area contributed by atoms with E-state index in [9.17, 15) is 9.90 Å². The molecule has 2 heterocycles. The number of likely N-dealkylation sites (N-methyl/N-ethyl adjacent to an activating group) is 1. The first-order valence-corrected chi connectivity index (χ1v) is 13.8. The fraction of sp³-hybridized carbons (Fsp3) is 0.455. The smallest absolute Gasteiger partial charge is 0.312 e.